The number of carbonyl (C=O) groups is 1. The monoisotopic (exact) mass is 249 g/mol. The van der Waals surface area contributed by atoms with Crippen molar-refractivity contribution in [1.29, 1.82) is 0 Å². The molecule has 2 aliphatic rings. The molecule has 96 valence electrons. The quantitative estimate of drug-likeness (QED) is 0.825. The first-order valence-electron chi connectivity index (χ1n) is 6.06. The van der Waals surface area contributed by atoms with Crippen LogP contribution in [0, 0.1) is 0 Å². The van der Waals surface area contributed by atoms with E-state index in [1.54, 1.807) is 24.3 Å². The molecule has 0 saturated carbocycles. The molecule has 0 bridgehead atoms. The third-order valence-electron chi connectivity index (χ3n) is 3.55. The molecule has 2 saturated heterocycles. The molecule has 2 aliphatic heterocycles. The van der Waals surface area contributed by atoms with E-state index in [1.165, 1.54) is 4.90 Å². The van der Waals surface area contributed by atoms with Crippen molar-refractivity contribution in [2.45, 2.75) is 18.4 Å². The van der Waals surface area contributed by atoms with Gasteiger partial charge in [0.1, 0.15) is 11.4 Å². The van der Waals surface area contributed by atoms with E-state index in [0.29, 0.717) is 38.3 Å². The van der Waals surface area contributed by atoms with Crippen LogP contribution in [0.25, 0.3) is 0 Å². The van der Waals surface area contributed by atoms with Crippen LogP contribution in [0.5, 0.6) is 5.75 Å². The van der Waals surface area contributed by atoms with Gasteiger partial charge >= 0.3 is 6.09 Å². The first kappa shape index (κ1) is 11.3. The second-order valence-corrected chi connectivity index (χ2v) is 4.74. The largest absolute Gasteiger partial charge is 0.506 e. The van der Waals surface area contributed by atoms with E-state index in [-0.39, 0.29) is 5.75 Å². The molecule has 1 aromatic carbocycles. The maximum atomic E-state index is 12.0. The molecule has 1 N–H and O–H groups in total. The van der Waals surface area contributed by atoms with Gasteiger partial charge in [0.05, 0.1) is 25.4 Å². The van der Waals surface area contributed by atoms with E-state index in [2.05, 4.69) is 0 Å². The number of hydrogen-bond donors (Lipinski definition) is 1. The molecule has 5 heteroatoms. The zero-order chi connectivity index (χ0) is 12.6. The SMILES string of the molecule is O=C1OC2(CCOCC2)CN1c1ccccc1O. The molecule has 0 aromatic heterocycles. The van der Waals surface area contributed by atoms with Gasteiger partial charge in [-0.3, -0.25) is 4.90 Å². The highest BCUT2D eigenvalue weighted by Gasteiger charge is 2.47. The van der Waals surface area contributed by atoms with Gasteiger partial charge in [-0.1, -0.05) is 12.1 Å². The van der Waals surface area contributed by atoms with E-state index in [0.717, 1.165) is 0 Å². The number of hydrogen-bond acceptors (Lipinski definition) is 4. The number of ether oxygens (including phenoxy) is 2. The number of nitrogens with zero attached hydrogens (tertiary/aromatic N) is 1. The number of phenols is 1. The topological polar surface area (TPSA) is 59.0 Å². The summed E-state index contributed by atoms with van der Waals surface area (Å²) in [4.78, 5) is 13.5. The van der Waals surface area contributed by atoms with Crippen molar-refractivity contribution < 1.29 is 19.4 Å². The van der Waals surface area contributed by atoms with Crippen LogP contribution in [0.2, 0.25) is 0 Å². The predicted molar refractivity (Wildman–Crippen MR) is 64.7 cm³/mol. The van der Waals surface area contributed by atoms with Crippen molar-refractivity contribution in [3.05, 3.63) is 24.3 Å². The standard InChI is InChI=1S/C13H15NO4/c15-11-4-2-1-3-10(11)14-9-13(18-12(14)16)5-7-17-8-6-13/h1-4,15H,5-9H2. The summed E-state index contributed by atoms with van der Waals surface area (Å²) >= 11 is 0. The van der Waals surface area contributed by atoms with Crippen LogP contribution in [0.4, 0.5) is 10.5 Å². The van der Waals surface area contributed by atoms with Crippen molar-refractivity contribution in [2.24, 2.45) is 0 Å². The Morgan fingerprint density at radius 2 is 1.94 bits per heavy atom. The van der Waals surface area contributed by atoms with Crippen LogP contribution in [0.15, 0.2) is 24.3 Å². The lowest BCUT2D eigenvalue weighted by atomic mass is 9.94. The Balaban J connectivity index is 1.87. The number of amides is 1. The number of para-hydroxylation sites is 2. The summed E-state index contributed by atoms with van der Waals surface area (Å²) in [5.74, 6) is 0.0959. The number of phenolic OH excluding ortho intramolecular Hbond substituents is 1. The average molecular weight is 249 g/mol. The molecule has 1 amide bonds. The maximum Gasteiger partial charge on any atom is 0.415 e. The molecule has 3 rings (SSSR count). The van der Waals surface area contributed by atoms with Crippen LogP contribution in [0.3, 0.4) is 0 Å². The first-order valence-corrected chi connectivity index (χ1v) is 6.06. The van der Waals surface area contributed by atoms with Crippen molar-refractivity contribution in [1.82, 2.24) is 0 Å². The van der Waals surface area contributed by atoms with Crippen molar-refractivity contribution in [3.63, 3.8) is 0 Å². The summed E-state index contributed by atoms with van der Waals surface area (Å²) in [5.41, 5.74) is 0.0586. The number of carbonyl (C=O) groups excluding carboxylic acids is 1. The van der Waals surface area contributed by atoms with Crippen molar-refractivity contribution >= 4 is 11.8 Å². The molecule has 0 radical (unpaired) electrons. The minimum absolute atomic E-state index is 0.0959. The highest BCUT2D eigenvalue weighted by Crippen LogP contribution is 2.37. The zero-order valence-electron chi connectivity index (χ0n) is 9.96. The Morgan fingerprint density at radius 1 is 1.22 bits per heavy atom. The van der Waals surface area contributed by atoms with Gasteiger partial charge in [0.2, 0.25) is 0 Å². The van der Waals surface area contributed by atoms with Crippen LogP contribution >= 0.6 is 0 Å². The van der Waals surface area contributed by atoms with Crippen LogP contribution < -0.4 is 4.90 Å². The highest BCUT2D eigenvalue weighted by atomic mass is 16.6. The first-order chi connectivity index (χ1) is 8.70. The smallest absolute Gasteiger partial charge is 0.415 e. The van der Waals surface area contributed by atoms with Gasteiger partial charge < -0.3 is 14.6 Å². The minimum atomic E-state index is -0.447. The molecular formula is C13H15NO4. The van der Waals surface area contributed by atoms with E-state index < -0.39 is 11.7 Å². The second-order valence-electron chi connectivity index (χ2n) is 4.74. The molecule has 0 unspecified atom stereocenters. The number of aromatic hydroxyl groups is 1. The molecule has 1 aromatic rings. The van der Waals surface area contributed by atoms with Gasteiger partial charge in [0.15, 0.2) is 0 Å². The fourth-order valence-corrected chi connectivity index (χ4v) is 2.50. The lowest BCUT2D eigenvalue weighted by molar-refractivity contribution is -0.0431. The average Bonchev–Trinajstić information content (AvgIpc) is 2.67. The Labute approximate surface area is 105 Å². The van der Waals surface area contributed by atoms with E-state index in [9.17, 15) is 9.90 Å². The summed E-state index contributed by atoms with van der Waals surface area (Å²) in [6.45, 7) is 1.70. The summed E-state index contributed by atoms with van der Waals surface area (Å²) in [7, 11) is 0. The third-order valence-corrected chi connectivity index (χ3v) is 3.55. The van der Waals surface area contributed by atoms with Crippen LogP contribution in [-0.2, 0) is 9.47 Å². The fraction of sp³-hybridized carbons (Fsp3) is 0.462. The summed E-state index contributed by atoms with van der Waals surface area (Å²) in [6, 6.07) is 6.80. The Morgan fingerprint density at radius 3 is 2.67 bits per heavy atom. The Kier molecular flexibility index (Phi) is 2.63. The number of anilines is 1. The van der Waals surface area contributed by atoms with Gasteiger partial charge in [0, 0.05) is 12.8 Å². The van der Waals surface area contributed by atoms with Crippen LogP contribution in [-0.4, -0.2) is 36.6 Å². The van der Waals surface area contributed by atoms with E-state index >= 15 is 0 Å². The summed E-state index contributed by atoms with van der Waals surface area (Å²) in [6.07, 6.45) is 1.03. The summed E-state index contributed by atoms with van der Waals surface area (Å²) in [5, 5.41) is 9.80. The lowest BCUT2D eigenvalue weighted by Crippen LogP contribution is -2.40. The van der Waals surface area contributed by atoms with Gasteiger partial charge in [0.25, 0.3) is 0 Å². The Hall–Kier alpha value is -1.75. The molecule has 1 spiro atoms. The summed E-state index contributed by atoms with van der Waals surface area (Å²) < 4.78 is 10.8. The number of benzene rings is 1. The Bertz CT molecular complexity index is 468. The minimum Gasteiger partial charge on any atom is -0.506 e. The van der Waals surface area contributed by atoms with Gasteiger partial charge in [-0.2, -0.15) is 0 Å². The number of rotatable bonds is 1. The lowest BCUT2D eigenvalue weighted by Gasteiger charge is -2.30. The fourth-order valence-electron chi connectivity index (χ4n) is 2.50. The van der Waals surface area contributed by atoms with Gasteiger partial charge in [-0.25, -0.2) is 4.79 Å². The molecule has 5 nitrogen and oxygen atoms in total. The van der Waals surface area contributed by atoms with Gasteiger partial charge in [-0.15, -0.1) is 0 Å². The molecule has 0 atom stereocenters. The van der Waals surface area contributed by atoms with E-state index in [1.807, 2.05) is 0 Å². The molecule has 2 fully saturated rings. The third kappa shape index (κ3) is 1.80. The second kappa shape index (κ2) is 4.17. The zero-order valence-corrected chi connectivity index (χ0v) is 9.96. The van der Waals surface area contributed by atoms with Gasteiger partial charge in [-0.05, 0) is 12.1 Å². The molecule has 18 heavy (non-hydrogen) atoms. The molecule has 2 heterocycles. The normalized spacial score (nSPS) is 22.2. The van der Waals surface area contributed by atoms with Crippen molar-refractivity contribution in [2.75, 3.05) is 24.7 Å². The van der Waals surface area contributed by atoms with Crippen LogP contribution in [0.1, 0.15) is 12.8 Å². The van der Waals surface area contributed by atoms with Crippen molar-refractivity contribution in [3.8, 4) is 5.75 Å². The molecule has 0 aliphatic carbocycles. The maximum absolute atomic E-state index is 12.0. The molecular weight excluding hydrogens is 234 g/mol. The highest BCUT2D eigenvalue weighted by molar-refractivity contribution is 5.92. The predicted octanol–water partition coefficient (Wildman–Crippen LogP) is 1.90. The van der Waals surface area contributed by atoms with E-state index in [4.69, 9.17) is 9.47 Å².